The van der Waals surface area contributed by atoms with E-state index in [0.29, 0.717) is 11.1 Å². The van der Waals surface area contributed by atoms with E-state index in [0.717, 1.165) is 0 Å². The monoisotopic (exact) mass is 396 g/mol. The number of fused-ring (bicyclic) bond motifs is 4. The maximum Gasteiger partial charge on any atom is 0.0722 e. The summed E-state index contributed by atoms with van der Waals surface area (Å²) in [7, 11) is -1.67. The maximum absolute atomic E-state index is 2.67. The molecule has 2 unspecified atom stereocenters. The first-order valence-electron chi connectivity index (χ1n) is 11.6. The molecule has 0 nitrogen and oxygen atoms in total. The molecule has 2 aromatic carbocycles. The van der Waals surface area contributed by atoms with Crippen molar-refractivity contribution in [1.82, 2.24) is 0 Å². The molecular weight excluding hydrogens is 364 g/mol. The van der Waals surface area contributed by atoms with E-state index in [9.17, 15) is 0 Å². The van der Waals surface area contributed by atoms with Crippen LogP contribution in [-0.4, -0.2) is 8.07 Å². The van der Waals surface area contributed by atoms with E-state index in [4.69, 9.17) is 0 Å². The Morgan fingerprint density at radius 2 is 1.00 bits per heavy atom. The lowest BCUT2D eigenvalue weighted by Crippen LogP contribution is -2.42. The van der Waals surface area contributed by atoms with Gasteiger partial charge >= 0.3 is 0 Å². The smallest absolute Gasteiger partial charge is 0.0679 e. The van der Waals surface area contributed by atoms with Gasteiger partial charge in [0.15, 0.2) is 0 Å². The minimum Gasteiger partial charge on any atom is -0.0679 e. The summed E-state index contributed by atoms with van der Waals surface area (Å²) in [5.74, 6) is 0. The highest BCUT2D eigenvalue weighted by Crippen LogP contribution is 2.53. The molecule has 0 heterocycles. The third-order valence-corrected chi connectivity index (χ3v) is 12.9. The fourth-order valence-electron chi connectivity index (χ4n) is 7.36. The summed E-state index contributed by atoms with van der Waals surface area (Å²) in [6, 6.07) is 10.3. The number of benzene rings is 2. The molecule has 0 saturated carbocycles. The van der Waals surface area contributed by atoms with Gasteiger partial charge in [-0.1, -0.05) is 60.7 Å². The summed E-state index contributed by atoms with van der Waals surface area (Å²) >= 11 is 0. The van der Waals surface area contributed by atoms with Crippen LogP contribution in [0, 0.1) is 0 Å². The first-order valence-corrected chi connectivity index (χ1v) is 14.8. The Kier molecular flexibility index (Phi) is 3.76. The Balaban J connectivity index is 1.46. The van der Waals surface area contributed by atoms with Crippen molar-refractivity contribution in [2.45, 2.75) is 76.5 Å². The van der Waals surface area contributed by atoms with Crippen LogP contribution in [0.4, 0.5) is 0 Å². The van der Waals surface area contributed by atoms with Crippen LogP contribution in [0.5, 0.6) is 0 Å². The second-order valence-electron chi connectivity index (χ2n) is 10.7. The molecule has 0 fully saturated rings. The van der Waals surface area contributed by atoms with Crippen molar-refractivity contribution in [3.8, 4) is 0 Å². The number of allylic oxidation sites excluding steroid dienone is 2. The minimum absolute atomic E-state index is 0.649. The molecular formula is C28H32Si. The van der Waals surface area contributed by atoms with Crippen LogP contribution in [0.2, 0.25) is 13.1 Å². The fourth-order valence-corrected chi connectivity index (χ4v) is 12.3. The van der Waals surface area contributed by atoms with Gasteiger partial charge in [-0.2, -0.15) is 0 Å². The van der Waals surface area contributed by atoms with Crippen molar-refractivity contribution in [2.24, 2.45) is 0 Å². The molecule has 0 saturated heterocycles. The molecule has 0 radical (unpaired) electrons. The van der Waals surface area contributed by atoms with E-state index in [1.807, 2.05) is 0 Å². The van der Waals surface area contributed by atoms with Gasteiger partial charge in [-0.05, 0) is 96.9 Å². The van der Waals surface area contributed by atoms with Gasteiger partial charge in [-0.25, -0.2) is 0 Å². The van der Waals surface area contributed by atoms with Gasteiger partial charge in [0, 0.05) is 11.1 Å². The molecule has 6 rings (SSSR count). The topological polar surface area (TPSA) is 0 Å². The van der Waals surface area contributed by atoms with Gasteiger partial charge in [-0.15, -0.1) is 0 Å². The van der Waals surface area contributed by atoms with E-state index in [1.165, 1.54) is 49.7 Å². The van der Waals surface area contributed by atoms with Gasteiger partial charge in [0.25, 0.3) is 0 Å². The first-order chi connectivity index (χ1) is 13.9. The molecule has 1 heteroatoms. The van der Waals surface area contributed by atoms with Crippen LogP contribution in [-0.2, 0) is 25.7 Å². The predicted octanol–water partition coefficient (Wildman–Crippen LogP) is 7.15. The second-order valence-corrected chi connectivity index (χ2v) is 15.5. The highest BCUT2D eigenvalue weighted by Gasteiger charge is 2.47. The molecule has 29 heavy (non-hydrogen) atoms. The van der Waals surface area contributed by atoms with Crippen molar-refractivity contribution in [2.75, 3.05) is 0 Å². The number of hydrogen-bond acceptors (Lipinski definition) is 0. The molecule has 2 atom stereocenters. The van der Waals surface area contributed by atoms with Gasteiger partial charge < -0.3 is 0 Å². The quantitative estimate of drug-likeness (QED) is 0.473. The summed E-state index contributed by atoms with van der Waals surface area (Å²) in [4.78, 5) is 0. The van der Waals surface area contributed by atoms with Crippen molar-refractivity contribution in [3.63, 3.8) is 0 Å². The maximum atomic E-state index is 2.67. The second kappa shape index (κ2) is 6.08. The summed E-state index contributed by atoms with van der Waals surface area (Å²) in [5, 5.41) is 0. The van der Waals surface area contributed by atoms with E-state index >= 15 is 0 Å². The van der Waals surface area contributed by atoms with Crippen LogP contribution >= 0.6 is 0 Å². The zero-order valence-corrected chi connectivity index (χ0v) is 19.4. The van der Waals surface area contributed by atoms with Gasteiger partial charge in [-0.3, -0.25) is 0 Å². The molecule has 148 valence electrons. The van der Waals surface area contributed by atoms with Crippen LogP contribution in [0.1, 0.15) is 82.3 Å². The number of hydrogen-bond donors (Lipinski definition) is 0. The van der Waals surface area contributed by atoms with Crippen LogP contribution in [0.25, 0.3) is 12.2 Å². The van der Waals surface area contributed by atoms with Crippen molar-refractivity contribution in [1.29, 1.82) is 0 Å². The summed E-state index contributed by atoms with van der Waals surface area (Å²) in [5.41, 5.74) is 17.4. The zero-order valence-electron chi connectivity index (χ0n) is 18.4. The molecule has 2 aromatic rings. The minimum atomic E-state index is -1.67. The standard InChI is InChI=1S/C28H32Si/c1-17-11-23-13-19-7-5-9-21(19)15-25(23)27(17)29(3,4)28-18(2)12-24-14-20-8-6-10-22(20)16-26(24)28/h11-16,27-28H,5-10H2,1-4H3. The largest absolute Gasteiger partial charge is 0.0722 e. The van der Waals surface area contributed by atoms with Crippen molar-refractivity contribution < 1.29 is 0 Å². The zero-order chi connectivity index (χ0) is 19.9. The lowest BCUT2D eigenvalue weighted by molar-refractivity contribution is 0.910. The fraction of sp³-hybridized carbons (Fsp3) is 0.429. The van der Waals surface area contributed by atoms with Crippen molar-refractivity contribution >= 4 is 20.2 Å². The molecule has 4 aliphatic rings. The Hall–Kier alpha value is -1.86. The number of rotatable bonds is 2. The van der Waals surface area contributed by atoms with Gasteiger partial charge in [0.1, 0.15) is 0 Å². The van der Waals surface area contributed by atoms with E-state index in [-0.39, 0.29) is 0 Å². The Morgan fingerprint density at radius 1 is 0.621 bits per heavy atom. The molecule has 0 N–H and O–H groups in total. The molecule has 0 aromatic heterocycles. The van der Waals surface area contributed by atoms with Gasteiger partial charge in [0.05, 0.1) is 8.07 Å². The predicted molar refractivity (Wildman–Crippen MR) is 127 cm³/mol. The average molecular weight is 397 g/mol. The first kappa shape index (κ1) is 17.9. The van der Waals surface area contributed by atoms with Gasteiger partial charge in [0.2, 0.25) is 0 Å². The van der Waals surface area contributed by atoms with E-state index in [2.05, 4.69) is 63.4 Å². The Bertz CT molecular complexity index is 1020. The average Bonchev–Trinajstić information content (AvgIpc) is 3.40. The van der Waals surface area contributed by atoms with Crippen LogP contribution < -0.4 is 0 Å². The molecule has 0 spiro atoms. The van der Waals surface area contributed by atoms with E-state index < -0.39 is 8.07 Å². The molecule has 4 aliphatic carbocycles. The van der Waals surface area contributed by atoms with Crippen LogP contribution in [0.3, 0.4) is 0 Å². The highest BCUT2D eigenvalue weighted by atomic mass is 28.3. The molecule has 0 bridgehead atoms. The SMILES string of the molecule is CC1=Cc2cc3c(cc2C1[Si](C)(C)C1C(C)=Cc2cc4c(cc21)CCC4)CCC3. The summed E-state index contributed by atoms with van der Waals surface area (Å²) < 4.78 is 0. The third kappa shape index (κ3) is 2.49. The number of aryl methyl sites for hydroxylation is 4. The lowest BCUT2D eigenvalue weighted by atomic mass is 10.0. The lowest BCUT2D eigenvalue weighted by Gasteiger charge is -2.39. The third-order valence-electron chi connectivity index (χ3n) is 8.38. The Labute approximate surface area is 176 Å². The summed E-state index contributed by atoms with van der Waals surface area (Å²) in [6.45, 7) is 10.1. The van der Waals surface area contributed by atoms with Crippen molar-refractivity contribution in [3.05, 3.63) is 79.9 Å². The van der Waals surface area contributed by atoms with E-state index in [1.54, 1.807) is 44.5 Å². The molecule has 0 aliphatic heterocycles. The Morgan fingerprint density at radius 3 is 1.41 bits per heavy atom. The highest BCUT2D eigenvalue weighted by molar-refractivity contribution is 6.81. The summed E-state index contributed by atoms with van der Waals surface area (Å²) in [6.07, 6.45) is 12.9. The molecule has 0 amide bonds. The van der Waals surface area contributed by atoms with Crippen LogP contribution in [0.15, 0.2) is 35.4 Å². The normalized spacial score (nSPS) is 24.1.